The molecule has 0 aliphatic heterocycles. The van der Waals surface area contributed by atoms with E-state index in [0.717, 1.165) is 12.8 Å². The first-order chi connectivity index (χ1) is 8.66. The van der Waals surface area contributed by atoms with Crippen LogP contribution in [-0.4, -0.2) is 22.3 Å². The smallest absolute Gasteiger partial charge is 0.303 e. The van der Waals surface area contributed by atoms with Crippen molar-refractivity contribution < 1.29 is 15.0 Å². The van der Waals surface area contributed by atoms with Gasteiger partial charge in [-0.25, -0.2) is 0 Å². The van der Waals surface area contributed by atoms with Gasteiger partial charge in [-0.1, -0.05) is 18.8 Å². The molecule has 3 heteroatoms. The summed E-state index contributed by atoms with van der Waals surface area (Å²) in [4.78, 5) is 10.2. The Morgan fingerprint density at radius 2 is 2.11 bits per heavy atom. The van der Waals surface area contributed by atoms with Crippen LogP contribution in [0, 0.1) is 23.7 Å². The van der Waals surface area contributed by atoms with E-state index in [1.54, 1.807) is 6.08 Å². The molecule has 0 aliphatic carbocycles. The van der Waals surface area contributed by atoms with E-state index in [4.69, 9.17) is 10.2 Å². The summed E-state index contributed by atoms with van der Waals surface area (Å²) in [5, 5.41) is 17.5. The normalized spacial score (nSPS) is 9.89. The van der Waals surface area contributed by atoms with Crippen LogP contribution in [0.5, 0.6) is 0 Å². The average molecular weight is 246 g/mol. The Morgan fingerprint density at radius 1 is 1.33 bits per heavy atom. The maximum Gasteiger partial charge on any atom is 0.303 e. The van der Waals surface area contributed by atoms with Crippen LogP contribution in [0.3, 0.4) is 0 Å². The number of carboxylic acid groups (broad SMARTS) is 1. The molecule has 0 aromatic heterocycles. The van der Waals surface area contributed by atoms with Crippen molar-refractivity contribution in [3.05, 3.63) is 17.9 Å². The minimum atomic E-state index is -0.756. The molecule has 3 nitrogen and oxygen atoms in total. The second-order valence-corrected chi connectivity index (χ2v) is 3.62. The number of carbonyl (C=O) groups is 1. The number of allylic oxidation sites excluding steroid dienone is 1. The van der Waals surface area contributed by atoms with Crippen LogP contribution in [0.2, 0.25) is 0 Å². The second-order valence-electron chi connectivity index (χ2n) is 3.62. The van der Waals surface area contributed by atoms with Crippen molar-refractivity contribution in [2.75, 3.05) is 0 Å². The molecule has 0 saturated heterocycles. The number of unbranched alkanes of at least 4 members (excludes halogenated alkanes) is 2. The van der Waals surface area contributed by atoms with E-state index in [0.29, 0.717) is 12.8 Å². The number of hydrogen-bond acceptors (Lipinski definition) is 2. The Balaban J connectivity index is 3.77. The topological polar surface area (TPSA) is 57.5 Å². The van der Waals surface area contributed by atoms with Crippen LogP contribution in [0.15, 0.2) is 17.9 Å². The summed E-state index contributed by atoms with van der Waals surface area (Å²) >= 11 is 0. The zero-order valence-corrected chi connectivity index (χ0v) is 10.6. The molecule has 0 heterocycles. The van der Waals surface area contributed by atoms with Crippen LogP contribution < -0.4 is 0 Å². The Bertz CT molecular complexity index is 420. The average Bonchev–Trinajstić information content (AvgIpc) is 2.35. The zero-order valence-electron chi connectivity index (χ0n) is 10.6. The van der Waals surface area contributed by atoms with Crippen LogP contribution in [0.1, 0.15) is 39.0 Å². The molecule has 96 valence electrons. The second kappa shape index (κ2) is 11.6. The van der Waals surface area contributed by atoms with E-state index < -0.39 is 12.1 Å². The van der Waals surface area contributed by atoms with Crippen molar-refractivity contribution in [3.8, 4) is 23.7 Å². The minimum absolute atomic E-state index is 0.215. The molecule has 0 bridgehead atoms. The molecule has 0 aromatic carbocycles. The number of rotatable bonds is 6. The maximum atomic E-state index is 10.2. The summed E-state index contributed by atoms with van der Waals surface area (Å²) in [6, 6.07) is 0. The summed E-state index contributed by atoms with van der Waals surface area (Å²) in [5.41, 5.74) is 2.87. The third-order valence-corrected chi connectivity index (χ3v) is 2.02. The van der Waals surface area contributed by atoms with Gasteiger partial charge in [0.15, 0.2) is 0 Å². The first-order valence-electron chi connectivity index (χ1n) is 5.97. The van der Waals surface area contributed by atoms with E-state index in [2.05, 4.69) is 29.4 Å². The van der Waals surface area contributed by atoms with E-state index in [1.807, 2.05) is 13.0 Å². The predicted molar refractivity (Wildman–Crippen MR) is 70.6 cm³/mol. The molecule has 1 unspecified atom stereocenters. The molecule has 0 saturated carbocycles. The highest BCUT2D eigenvalue weighted by Crippen LogP contribution is 1.99. The Morgan fingerprint density at radius 3 is 2.78 bits per heavy atom. The number of aliphatic hydroxyl groups excluding tert-OH is 1. The molecule has 18 heavy (non-hydrogen) atoms. The van der Waals surface area contributed by atoms with Crippen molar-refractivity contribution in [2.45, 2.75) is 45.1 Å². The fourth-order valence-corrected chi connectivity index (χ4v) is 1.00. The van der Waals surface area contributed by atoms with Crippen LogP contribution in [0.4, 0.5) is 0 Å². The lowest BCUT2D eigenvalue weighted by Gasteiger charge is -1.91. The monoisotopic (exact) mass is 246 g/mol. The maximum absolute atomic E-state index is 10.2. The summed E-state index contributed by atoms with van der Waals surface area (Å²) in [6.07, 6.45) is 5.91. The highest BCUT2D eigenvalue weighted by molar-refractivity contribution is 5.66. The van der Waals surface area contributed by atoms with Gasteiger partial charge in [0.1, 0.15) is 6.10 Å². The first kappa shape index (κ1) is 16.1. The first-order valence-corrected chi connectivity index (χ1v) is 5.97. The van der Waals surface area contributed by atoms with Gasteiger partial charge in [-0.15, -0.1) is 5.73 Å². The van der Waals surface area contributed by atoms with Gasteiger partial charge in [0.25, 0.3) is 0 Å². The van der Waals surface area contributed by atoms with Gasteiger partial charge >= 0.3 is 5.97 Å². The van der Waals surface area contributed by atoms with Crippen LogP contribution in [-0.2, 0) is 4.79 Å². The zero-order chi connectivity index (χ0) is 13.6. The van der Waals surface area contributed by atoms with Crippen LogP contribution in [0.25, 0.3) is 0 Å². The number of hydrogen-bond donors (Lipinski definition) is 2. The third kappa shape index (κ3) is 12.1. The fourth-order valence-electron chi connectivity index (χ4n) is 1.00. The molecular formula is C15H18O3. The molecule has 0 aromatic rings. The molecule has 0 fully saturated rings. The van der Waals surface area contributed by atoms with Crippen molar-refractivity contribution in [1.82, 2.24) is 0 Å². The molecule has 1 atom stereocenters. The van der Waals surface area contributed by atoms with E-state index in [9.17, 15) is 4.79 Å². The van der Waals surface area contributed by atoms with Crippen molar-refractivity contribution in [1.29, 1.82) is 0 Å². The SMILES string of the molecule is CCC(O)C#CC#CC=C=CCCCCC(=O)O. The van der Waals surface area contributed by atoms with Gasteiger partial charge in [-0.05, 0) is 43.6 Å². The largest absolute Gasteiger partial charge is 0.481 e. The lowest BCUT2D eigenvalue weighted by molar-refractivity contribution is -0.137. The lowest BCUT2D eigenvalue weighted by atomic mass is 10.2. The Kier molecular flexibility index (Phi) is 10.3. The number of carboxylic acids is 1. The van der Waals surface area contributed by atoms with Crippen molar-refractivity contribution in [2.24, 2.45) is 0 Å². The van der Waals surface area contributed by atoms with Gasteiger partial charge in [-0.2, -0.15) is 0 Å². The third-order valence-electron chi connectivity index (χ3n) is 2.02. The number of aliphatic carboxylic acids is 1. The molecule has 0 amide bonds. The van der Waals surface area contributed by atoms with Gasteiger partial charge in [0, 0.05) is 12.5 Å². The molecule has 0 aliphatic rings. The van der Waals surface area contributed by atoms with Gasteiger partial charge in [0.2, 0.25) is 0 Å². The summed E-state index contributed by atoms with van der Waals surface area (Å²) in [7, 11) is 0. The Labute approximate surface area is 108 Å². The summed E-state index contributed by atoms with van der Waals surface area (Å²) in [5.74, 6) is 9.63. The quantitative estimate of drug-likeness (QED) is 0.429. The van der Waals surface area contributed by atoms with Crippen molar-refractivity contribution in [3.63, 3.8) is 0 Å². The number of aliphatic hydroxyl groups is 1. The highest BCUT2D eigenvalue weighted by atomic mass is 16.4. The van der Waals surface area contributed by atoms with Gasteiger partial charge in [-0.3, -0.25) is 4.79 Å². The van der Waals surface area contributed by atoms with E-state index in [1.165, 1.54) is 0 Å². The van der Waals surface area contributed by atoms with Gasteiger partial charge < -0.3 is 10.2 Å². The predicted octanol–water partition coefficient (Wildman–Crippen LogP) is 2.12. The van der Waals surface area contributed by atoms with E-state index in [-0.39, 0.29) is 6.42 Å². The molecule has 2 N–H and O–H groups in total. The van der Waals surface area contributed by atoms with E-state index >= 15 is 0 Å². The van der Waals surface area contributed by atoms with Crippen LogP contribution >= 0.6 is 0 Å². The minimum Gasteiger partial charge on any atom is -0.481 e. The molecule has 0 spiro atoms. The fraction of sp³-hybridized carbons (Fsp3) is 0.467. The van der Waals surface area contributed by atoms with Crippen molar-refractivity contribution >= 4 is 5.97 Å². The van der Waals surface area contributed by atoms with Gasteiger partial charge in [0.05, 0.1) is 0 Å². The molecule has 0 radical (unpaired) electrons. The summed E-state index contributed by atoms with van der Waals surface area (Å²) < 4.78 is 0. The Hall–Kier alpha value is -1.93. The lowest BCUT2D eigenvalue weighted by Crippen LogP contribution is -1.98. The molecule has 0 rings (SSSR count). The highest BCUT2D eigenvalue weighted by Gasteiger charge is 1.93. The summed E-state index contributed by atoms with van der Waals surface area (Å²) in [6.45, 7) is 1.85. The molecular weight excluding hydrogens is 228 g/mol. The standard InChI is InChI=1S/C15H18O3/c1-2-14(16)12-10-8-6-4-3-5-7-9-11-13-15(17)18/h4-5,14,16H,2,7,9,11,13H2,1H3,(H,17,18).